The average molecular weight is 346 g/mol. The van der Waals surface area contributed by atoms with E-state index in [0.29, 0.717) is 35.1 Å². The molecule has 5 nitrogen and oxygen atoms in total. The molecule has 24 heavy (non-hydrogen) atoms. The molecule has 126 valence electrons. The molecule has 0 unspecified atom stereocenters. The van der Waals surface area contributed by atoms with Gasteiger partial charge in [0.2, 0.25) is 17.6 Å². The lowest BCUT2D eigenvalue weighted by Crippen LogP contribution is -2.40. The summed E-state index contributed by atoms with van der Waals surface area (Å²) < 4.78 is 5.48. The van der Waals surface area contributed by atoms with E-state index in [9.17, 15) is 4.79 Å². The number of nitrogens with zero attached hydrogens (tertiary/aromatic N) is 3. The van der Waals surface area contributed by atoms with Crippen LogP contribution in [0.2, 0.25) is 5.02 Å². The zero-order valence-corrected chi connectivity index (χ0v) is 14.4. The fraction of sp³-hybridized carbons (Fsp3) is 0.500. The van der Waals surface area contributed by atoms with Crippen LogP contribution in [0.3, 0.4) is 0 Å². The first-order chi connectivity index (χ1) is 11.6. The molecule has 2 fully saturated rings. The smallest absolute Gasteiger partial charge is 0.231 e. The van der Waals surface area contributed by atoms with E-state index in [0.717, 1.165) is 31.4 Å². The molecule has 2 heterocycles. The fourth-order valence-electron chi connectivity index (χ4n) is 3.40. The molecule has 1 aliphatic carbocycles. The first-order valence-corrected chi connectivity index (χ1v) is 8.88. The summed E-state index contributed by atoms with van der Waals surface area (Å²) in [5.74, 6) is 2.39. The number of hydrogen-bond donors (Lipinski definition) is 0. The van der Waals surface area contributed by atoms with Crippen LogP contribution in [0.1, 0.15) is 38.0 Å². The first kappa shape index (κ1) is 15.6. The molecule has 1 saturated carbocycles. The number of benzene rings is 1. The molecule has 4 rings (SSSR count). The third kappa shape index (κ3) is 3.05. The van der Waals surface area contributed by atoms with E-state index in [2.05, 4.69) is 17.1 Å². The highest BCUT2D eigenvalue weighted by Crippen LogP contribution is 2.40. The molecule has 0 radical (unpaired) electrons. The van der Waals surface area contributed by atoms with Gasteiger partial charge in [-0.15, -0.1) is 0 Å². The molecule has 0 N–H and O–H groups in total. The van der Waals surface area contributed by atoms with E-state index in [1.165, 1.54) is 0 Å². The van der Waals surface area contributed by atoms with Gasteiger partial charge in [-0.25, -0.2) is 0 Å². The van der Waals surface area contributed by atoms with E-state index < -0.39 is 0 Å². The number of amides is 1. The standard InChI is InChI=1S/C18H20ClN3O2/c1-11-9-15(11)18(23)22-8-2-3-13(10-22)17-20-16(21-24-17)12-4-6-14(19)7-5-12/h4-7,11,13,15H,2-3,8-10H2,1H3/t11-,13-,15+/m1/s1. The Labute approximate surface area is 146 Å². The lowest BCUT2D eigenvalue weighted by molar-refractivity contribution is -0.134. The van der Waals surface area contributed by atoms with Crippen molar-refractivity contribution in [3.63, 3.8) is 0 Å². The summed E-state index contributed by atoms with van der Waals surface area (Å²) in [6, 6.07) is 7.37. The van der Waals surface area contributed by atoms with Crippen molar-refractivity contribution >= 4 is 17.5 Å². The van der Waals surface area contributed by atoms with Gasteiger partial charge in [0.05, 0.1) is 5.92 Å². The summed E-state index contributed by atoms with van der Waals surface area (Å²) in [6.07, 6.45) is 2.99. The highest BCUT2D eigenvalue weighted by Gasteiger charge is 2.42. The van der Waals surface area contributed by atoms with Gasteiger partial charge in [0.25, 0.3) is 0 Å². The minimum absolute atomic E-state index is 0.130. The van der Waals surface area contributed by atoms with Crippen molar-refractivity contribution in [3.05, 3.63) is 35.2 Å². The Hall–Kier alpha value is -1.88. The Bertz CT molecular complexity index is 743. The summed E-state index contributed by atoms with van der Waals surface area (Å²) in [5, 5.41) is 4.77. The monoisotopic (exact) mass is 345 g/mol. The van der Waals surface area contributed by atoms with Gasteiger partial charge in [-0.1, -0.05) is 23.7 Å². The van der Waals surface area contributed by atoms with Crippen molar-refractivity contribution in [2.45, 2.75) is 32.1 Å². The number of halogens is 1. The largest absolute Gasteiger partial charge is 0.342 e. The molecular formula is C18H20ClN3O2. The summed E-state index contributed by atoms with van der Waals surface area (Å²) in [7, 11) is 0. The minimum Gasteiger partial charge on any atom is -0.342 e. The number of carbonyl (C=O) groups excluding carboxylic acids is 1. The predicted molar refractivity (Wildman–Crippen MR) is 90.6 cm³/mol. The molecule has 3 atom stereocenters. The zero-order valence-electron chi connectivity index (χ0n) is 13.6. The van der Waals surface area contributed by atoms with Gasteiger partial charge in [0, 0.05) is 29.6 Å². The number of rotatable bonds is 3. The van der Waals surface area contributed by atoms with Crippen LogP contribution < -0.4 is 0 Å². The number of hydrogen-bond acceptors (Lipinski definition) is 4. The van der Waals surface area contributed by atoms with Crippen LogP contribution in [-0.4, -0.2) is 34.0 Å². The Kier molecular flexibility index (Phi) is 4.04. The van der Waals surface area contributed by atoms with Gasteiger partial charge in [0.1, 0.15) is 0 Å². The number of piperidine rings is 1. The minimum atomic E-state index is 0.130. The quantitative estimate of drug-likeness (QED) is 0.850. The Morgan fingerprint density at radius 2 is 2.08 bits per heavy atom. The summed E-state index contributed by atoms with van der Waals surface area (Å²) in [4.78, 5) is 19.0. The van der Waals surface area contributed by atoms with Crippen molar-refractivity contribution in [2.24, 2.45) is 11.8 Å². The third-order valence-electron chi connectivity index (χ3n) is 5.05. The molecule has 0 bridgehead atoms. The van der Waals surface area contributed by atoms with Crippen molar-refractivity contribution in [2.75, 3.05) is 13.1 Å². The zero-order chi connectivity index (χ0) is 16.7. The van der Waals surface area contributed by atoms with Crippen LogP contribution in [0.25, 0.3) is 11.4 Å². The highest BCUT2D eigenvalue weighted by molar-refractivity contribution is 6.30. The van der Waals surface area contributed by atoms with Gasteiger partial charge >= 0.3 is 0 Å². The second-order valence-electron chi connectivity index (χ2n) is 6.91. The molecule has 0 spiro atoms. The van der Waals surface area contributed by atoms with Crippen LogP contribution in [0.15, 0.2) is 28.8 Å². The lowest BCUT2D eigenvalue weighted by atomic mass is 9.97. The molecule has 1 aliphatic heterocycles. The second kappa shape index (κ2) is 6.20. The fourth-order valence-corrected chi connectivity index (χ4v) is 3.52. The normalized spacial score (nSPS) is 26.4. The van der Waals surface area contributed by atoms with E-state index in [4.69, 9.17) is 16.1 Å². The van der Waals surface area contributed by atoms with Crippen LogP contribution >= 0.6 is 11.6 Å². The van der Waals surface area contributed by atoms with Crippen molar-refractivity contribution in [1.29, 1.82) is 0 Å². The summed E-state index contributed by atoms with van der Waals surface area (Å²) in [6.45, 7) is 3.67. The second-order valence-corrected chi connectivity index (χ2v) is 7.34. The van der Waals surface area contributed by atoms with Gasteiger partial charge in [0.15, 0.2) is 0 Å². The molecule has 1 aromatic heterocycles. The Morgan fingerprint density at radius 3 is 2.79 bits per heavy atom. The topological polar surface area (TPSA) is 59.2 Å². The van der Waals surface area contributed by atoms with Gasteiger partial charge in [-0.05, 0) is 49.4 Å². The first-order valence-electron chi connectivity index (χ1n) is 8.50. The van der Waals surface area contributed by atoms with Gasteiger partial charge in [-0.3, -0.25) is 4.79 Å². The molecule has 2 aliphatic rings. The summed E-state index contributed by atoms with van der Waals surface area (Å²) >= 11 is 5.91. The predicted octanol–water partition coefficient (Wildman–Crippen LogP) is 3.75. The molecule has 6 heteroatoms. The van der Waals surface area contributed by atoms with Crippen LogP contribution in [-0.2, 0) is 4.79 Å². The van der Waals surface area contributed by atoms with E-state index >= 15 is 0 Å². The molecular weight excluding hydrogens is 326 g/mol. The van der Waals surface area contributed by atoms with Crippen LogP contribution in [0, 0.1) is 11.8 Å². The molecule has 1 amide bonds. The Balaban J connectivity index is 1.47. The number of aromatic nitrogens is 2. The number of carbonyl (C=O) groups is 1. The maximum atomic E-state index is 12.5. The molecule has 1 aromatic carbocycles. The highest BCUT2D eigenvalue weighted by atomic mass is 35.5. The van der Waals surface area contributed by atoms with E-state index in [1.54, 1.807) is 0 Å². The Morgan fingerprint density at radius 1 is 1.33 bits per heavy atom. The maximum absolute atomic E-state index is 12.5. The lowest BCUT2D eigenvalue weighted by Gasteiger charge is -2.31. The SMILES string of the molecule is C[C@@H]1C[C@@H]1C(=O)N1CCC[C@@H](c2nc(-c3ccc(Cl)cc3)no2)C1. The summed E-state index contributed by atoms with van der Waals surface area (Å²) in [5.41, 5.74) is 0.880. The van der Waals surface area contributed by atoms with E-state index in [-0.39, 0.29) is 11.8 Å². The van der Waals surface area contributed by atoms with Crippen LogP contribution in [0.5, 0.6) is 0 Å². The van der Waals surface area contributed by atoms with E-state index in [1.807, 2.05) is 29.2 Å². The molecule has 1 saturated heterocycles. The maximum Gasteiger partial charge on any atom is 0.231 e. The van der Waals surface area contributed by atoms with Crippen LogP contribution in [0.4, 0.5) is 0 Å². The van der Waals surface area contributed by atoms with Gasteiger partial charge in [-0.2, -0.15) is 4.98 Å². The van der Waals surface area contributed by atoms with Gasteiger partial charge < -0.3 is 9.42 Å². The van der Waals surface area contributed by atoms with Crippen molar-refractivity contribution in [1.82, 2.24) is 15.0 Å². The van der Waals surface area contributed by atoms with Crippen molar-refractivity contribution in [3.8, 4) is 11.4 Å². The number of likely N-dealkylation sites (tertiary alicyclic amines) is 1. The third-order valence-corrected chi connectivity index (χ3v) is 5.31. The molecule has 2 aromatic rings. The average Bonchev–Trinajstić information content (AvgIpc) is 3.13. The van der Waals surface area contributed by atoms with Crippen molar-refractivity contribution < 1.29 is 9.32 Å².